The second-order valence-corrected chi connectivity index (χ2v) is 6.75. The van der Waals surface area contributed by atoms with Crippen molar-refractivity contribution in [2.45, 2.75) is 20.8 Å². The average Bonchev–Trinajstić information content (AvgIpc) is 2.96. The smallest absolute Gasteiger partial charge is 0.231 e. The first-order chi connectivity index (χ1) is 10.5. The molecule has 1 amide bonds. The number of nitrogens with zero attached hydrogens (tertiary/aromatic N) is 1. The SMILES string of the molecule is CCNc1nc(-c2cccc(NC(=O)C(C)(C)CCl)c2)cs1. The third kappa shape index (κ3) is 3.99. The highest BCUT2D eigenvalue weighted by Gasteiger charge is 2.26. The molecule has 1 heterocycles. The average molecular weight is 338 g/mol. The maximum Gasteiger partial charge on any atom is 0.231 e. The second kappa shape index (κ2) is 7.11. The van der Waals surface area contributed by atoms with Crippen LogP contribution in [-0.4, -0.2) is 23.3 Å². The topological polar surface area (TPSA) is 54.0 Å². The molecule has 0 atom stereocenters. The minimum Gasteiger partial charge on any atom is -0.362 e. The summed E-state index contributed by atoms with van der Waals surface area (Å²) in [4.78, 5) is 16.7. The molecule has 118 valence electrons. The number of rotatable bonds is 6. The molecule has 0 aliphatic rings. The molecular formula is C16H20ClN3OS. The van der Waals surface area contributed by atoms with Crippen molar-refractivity contribution in [2.24, 2.45) is 5.41 Å². The maximum absolute atomic E-state index is 12.2. The van der Waals surface area contributed by atoms with E-state index in [1.165, 1.54) is 0 Å². The van der Waals surface area contributed by atoms with E-state index in [2.05, 4.69) is 15.6 Å². The molecule has 0 unspecified atom stereocenters. The Balaban J connectivity index is 2.17. The first-order valence-electron chi connectivity index (χ1n) is 7.13. The number of anilines is 2. The van der Waals surface area contributed by atoms with Crippen molar-refractivity contribution in [3.8, 4) is 11.3 Å². The van der Waals surface area contributed by atoms with Crippen LogP contribution in [0.15, 0.2) is 29.6 Å². The predicted molar refractivity (Wildman–Crippen MR) is 94.8 cm³/mol. The summed E-state index contributed by atoms with van der Waals surface area (Å²) in [6.07, 6.45) is 0. The van der Waals surface area contributed by atoms with Gasteiger partial charge in [-0.2, -0.15) is 0 Å². The summed E-state index contributed by atoms with van der Waals surface area (Å²) in [7, 11) is 0. The van der Waals surface area contributed by atoms with Gasteiger partial charge in [0.05, 0.1) is 11.1 Å². The number of hydrogen-bond donors (Lipinski definition) is 2. The summed E-state index contributed by atoms with van der Waals surface area (Å²) in [5.41, 5.74) is 2.02. The number of amides is 1. The van der Waals surface area contributed by atoms with Crippen molar-refractivity contribution in [1.29, 1.82) is 0 Å². The summed E-state index contributed by atoms with van der Waals surface area (Å²) >= 11 is 7.41. The van der Waals surface area contributed by atoms with Crippen LogP contribution in [0.5, 0.6) is 0 Å². The minimum atomic E-state index is -0.601. The Morgan fingerprint density at radius 1 is 1.41 bits per heavy atom. The molecule has 2 rings (SSSR count). The quantitative estimate of drug-likeness (QED) is 0.766. The Kier molecular flexibility index (Phi) is 5.42. The van der Waals surface area contributed by atoms with E-state index in [1.54, 1.807) is 11.3 Å². The molecule has 0 fully saturated rings. The Hall–Kier alpha value is -1.59. The van der Waals surface area contributed by atoms with Crippen LogP contribution >= 0.6 is 22.9 Å². The number of alkyl halides is 1. The zero-order valence-electron chi connectivity index (χ0n) is 12.9. The molecule has 4 nitrogen and oxygen atoms in total. The molecule has 2 aromatic rings. The zero-order chi connectivity index (χ0) is 16.2. The van der Waals surface area contributed by atoms with Gasteiger partial charge >= 0.3 is 0 Å². The lowest BCUT2D eigenvalue weighted by Crippen LogP contribution is -2.32. The third-order valence-electron chi connectivity index (χ3n) is 3.20. The number of hydrogen-bond acceptors (Lipinski definition) is 4. The number of carbonyl (C=O) groups is 1. The molecule has 22 heavy (non-hydrogen) atoms. The van der Waals surface area contributed by atoms with Crippen LogP contribution < -0.4 is 10.6 Å². The number of nitrogens with one attached hydrogen (secondary N) is 2. The van der Waals surface area contributed by atoms with E-state index in [1.807, 2.05) is 50.4 Å². The van der Waals surface area contributed by atoms with E-state index in [0.29, 0.717) is 0 Å². The number of thiazole rings is 1. The summed E-state index contributed by atoms with van der Waals surface area (Å²) in [5.74, 6) is 0.183. The van der Waals surface area contributed by atoms with Crippen LogP contribution in [0.4, 0.5) is 10.8 Å². The van der Waals surface area contributed by atoms with Crippen molar-refractivity contribution >= 4 is 39.7 Å². The number of halogens is 1. The molecule has 0 aliphatic carbocycles. The van der Waals surface area contributed by atoms with Gasteiger partial charge in [-0.25, -0.2) is 4.98 Å². The Labute approximate surface area is 139 Å². The summed E-state index contributed by atoms with van der Waals surface area (Å²) in [6.45, 7) is 6.52. The Morgan fingerprint density at radius 2 is 2.18 bits per heavy atom. The first kappa shape index (κ1) is 16.8. The highest BCUT2D eigenvalue weighted by atomic mass is 35.5. The summed E-state index contributed by atoms with van der Waals surface area (Å²) in [5, 5.41) is 9.01. The molecule has 6 heteroatoms. The van der Waals surface area contributed by atoms with Gasteiger partial charge in [-0.15, -0.1) is 22.9 Å². The molecule has 1 aromatic carbocycles. The maximum atomic E-state index is 12.2. The fraction of sp³-hybridized carbons (Fsp3) is 0.375. The summed E-state index contributed by atoms with van der Waals surface area (Å²) in [6, 6.07) is 7.67. The lowest BCUT2D eigenvalue weighted by molar-refractivity contribution is -0.122. The van der Waals surface area contributed by atoms with Crippen LogP contribution in [0.25, 0.3) is 11.3 Å². The molecular weight excluding hydrogens is 318 g/mol. The third-order valence-corrected chi connectivity index (χ3v) is 4.67. The van der Waals surface area contributed by atoms with Crippen molar-refractivity contribution in [3.05, 3.63) is 29.6 Å². The Bertz CT molecular complexity index is 654. The van der Waals surface area contributed by atoms with E-state index < -0.39 is 5.41 Å². The molecule has 0 radical (unpaired) electrons. The van der Waals surface area contributed by atoms with E-state index in [-0.39, 0.29) is 11.8 Å². The minimum absolute atomic E-state index is 0.0914. The zero-order valence-corrected chi connectivity index (χ0v) is 14.5. The molecule has 0 saturated carbocycles. The van der Waals surface area contributed by atoms with Gasteiger partial charge in [0.15, 0.2) is 5.13 Å². The van der Waals surface area contributed by atoms with Crippen molar-refractivity contribution < 1.29 is 4.79 Å². The number of aromatic nitrogens is 1. The van der Waals surface area contributed by atoms with E-state index in [0.717, 1.165) is 28.6 Å². The number of benzene rings is 1. The molecule has 1 aromatic heterocycles. The second-order valence-electron chi connectivity index (χ2n) is 5.62. The highest BCUT2D eigenvalue weighted by molar-refractivity contribution is 7.14. The standard InChI is InChI=1S/C16H20ClN3OS/c1-4-18-15-20-13(9-22-15)11-6-5-7-12(8-11)19-14(21)16(2,3)10-17/h5-9H,4,10H2,1-3H3,(H,18,20)(H,19,21). The van der Waals surface area contributed by atoms with Crippen LogP contribution in [0, 0.1) is 5.41 Å². The van der Waals surface area contributed by atoms with Gasteiger partial charge in [0, 0.05) is 29.1 Å². The van der Waals surface area contributed by atoms with E-state index >= 15 is 0 Å². The first-order valence-corrected chi connectivity index (χ1v) is 8.55. The molecule has 0 bridgehead atoms. The molecule has 0 saturated heterocycles. The number of carbonyl (C=O) groups excluding carboxylic acids is 1. The monoisotopic (exact) mass is 337 g/mol. The lowest BCUT2D eigenvalue weighted by atomic mass is 9.95. The Morgan fingerprint density at radius 3 is 2.86 bits per heavy atom. The van der Waals surface area contributed by atoms with Gasteiger partial charge in [-0.05, 0) is 32.9 Å². The van der Waals surface area contributed by atoms with Crippen molar-refractivity contribution in [2.75, 3.05) is 23.1 Å². The normalized spacial score (nSPS) is 11.3. The van der Waals surface area contributed by atoms with Gasteiger partial charge in [-0.1, -0.05) is 12.1 Å². The van der Waals surface area contributed by atoms with E-state index in [4.69, 9.17) is 11.6 Å². The van der Waals surface area contributed by atoms with E-state index in [9.17, 15) is 4.79 Å². The van der Waals surface area contributed by atoms with Crippen LogP contribution in [0.3, 0.4) is 0 Å². The molecule has 2 N–H and O–H groups in total. The van der Waals surface area contributed by atoms with Gasteiger partial charge in [-0.3, -0.25) is 4.79 Å². The molecule has 0 spiro atoms. The predicted octanol–water partition coefficient (Wildman–Crippen LogP) is 4.45. The highest BCUT2D eigenvalue weighted by Crippen LogP contribution is 2.27. The lowest BCUT2D eigenvalue weighted by Gasteiger charge is -2.20. The fourth-order valence-corrected chi connectivity index (χ4v) is 2.67. The fourth-order valence-electron chi connectivity index (χ4n) is 1.76. The van der Waals surface area contributed by atoms with Crippen molar-refractivity contribution in [3.63, 3.8) is 0 Å². The molecule has 0 aliphatic heterocycles. The largest absolute Gasteiger partial charge is 0.362 e. The van der Waals surface area contributed by atoms with Crippen LogP contribution in [0.2, 0.25) is 0 Å². The van der Waals surface area contributed by atoms with Gasteiger partial charge in [0.1, 0.15) is 0 Å². The van der Waals surface area contributed by atoms with Crippen molar-refractivity contribution in [1.82, 2.24) is 4.98 Å². The van der Waals surface area contributed by atoms with Crippen LogP contribution in [0.1, 0.15) is 20.8 Å². The van der Waals surface area contributed by atoms with Gasteiger partial charge in [0.25, 0.3) is 0 Å². The van der Waals surface area contributed by atoms with Gasteiger partial charge < -0.3 is 10.6 Å². The van der Waals surface area contributed by atoms with Gasteiger partial charge in [0.2, 0.25) is 5.91 Å². The van der Waals surface area contributed by atoms with Crippen LogP contribution in [-0.2, 0) is 4.79 Å². The summed E-state index contributed by atoms with van der Waals surface area (Å²) < 4.78 is 0.